The Morgan fingerprint density at radius 2 is 2.14 bits per heavy atom. The number of nitrogens with one attached hydrogen (secondary N) is 1. The summed E-state index contributed by atoms with van der Waals surface area (Å²) >= 11 is 3.01. The lowest BCUT2D eigenvalue weighted by Crippen LogP contribution is -2.05. The monoisotopic (exact) mass is 356 g/mol. The van der Waals surface area contributed by atoms with Crippen LogP contribution in [0.4, 0.5) is 16.0 Å². The minimum atomic E-state index is -0.640. The van der Waals surface area contributed by atoms with E-state index >= 15 is 0 Å². The van der Waals surface area contributed by atoms with Crippen LogP contribution in [0.2, 0.25) is 0 Å². The maximum Gasteiger partial charge on any atom is 0.352 e. The Morgan fingerprint density at radius 1 is 1.43 bits per heavy atom. The molecule has 9 heteroatoms. The lowest BCUT2D eigenvalue weighted by molar-refractivity contribution is -0.386. The van der Waals surface area contributed by atoms with Gasteiger partial charge in [0.15, 0.2) is 0 Å². The van der Waals surface area contributed by atoms with Crippen molar-refractivity contribution in [2.24, 2.45) is 0 Å². The molecule has 2 rings (SSSR count). The SMILES string of the molecule is CNc1nc(C)c([N+](=O)[O-])c(Oc2ccc(Br)c(F)c2)n1. The zero-order valence-electron chi connectivity index (χ0n) is 11.1. The molecule has 7 nitrogen and oxygen atoms in total. The topological polar surface area (TPSA) is 90.2 Å². The van der Waals surface area contributed by atoms with Gasteiger partial charge in [0.1, 0.15) is 17.3 Å². The van der Waals surface area contributed by atoms with E-state index < -0.39 is 10.7 Å². The van der Waals surface area contributed by atoms with Gasteiger partial charge in [0.2, 0.25) is 5.95 Å². The second kappa shape index (κ2) is 6.00. The molecule has 0 saturated heterocycles. The highest BCUT2D eigenvalue weighted by atomic mass is 79.9. The molecular formula is C12H10BrFN4O3. The summed E-state index contributed by atoms with van der Waals surface area (Å²) in [4.78, 5) is 18.3. The van der Waals surface area contributed by atoms with Crippen LogP contribution in [0.3, 0.4) is 0 Å². The standard InChI is InChI=1S/C12H10BrFN4O3/c1-6-10(18(19)20)11(17-12(15-2)16-6)21-7-3-4-8(13)9(14)5-7/h3-5H,1-2H3,(H,15,16,17). The Kier molecular flexibility index (Phi) is 4.32. The Hall–Kier alpha value is -2.29. The molecule has 0 aliphatic carbocycles. The van der Waals surface area contributed by atoms with E-state index in [1.165, 1.54) is 19.1 Å². The van der Waals surface area contributed by atoms with E-state index in [1.54, 1.807) is 7.05 Å². The van der Waals surface area contributed by atoms with Crippen molar-refractivity contribution < 1.29 is 14.1 Å². The first-order valence-electron chi connectivity index (χ1n) is 5.76. The molecule has 1 N–H and O–H groups in total. The lowest BCUT2D eigenvalue weighted by Gasteiger charge is -2.08. The van der Waals surface area contributed by atoms with Gasteiger partial charge in [0.05, 0.1) is 9.40 Å². The van der Waals surface area contributed by atoms with Gasteiger partial charge < -0.3 is 10.1 Å². The molecule has 0 fully saturated rings. The Balaban J connectivity index is 2.48. The molecule has 1 aromatic carbocycles. The number of halogens is 2. The fraction of sp³-hybridized carbons (Fsp3) is 0.167. The van der Waals surface area contributed by atoms with Crippen molar-refractivity contribution in [1.29, 1.82) is 0 Å². The summed E-state index contributed by atoms with van der Waals surface area (Å²) in [5.41, 5.74) is -0.218. The summed E-state index contributed by atoms with van der Waals surface area (Å²) in [7, 11) is 1.57. The van der Waals surface area contributed by atoms with Crippen LogP contribution in [0.25, 0.3) is 0 Å². The van der Waals surface area contributed by atoms with Crippen LogP contribution in [0, 0.1) is 22.9 Å². The number of aryl methyl sites for hydroxylation is 1. The van der Waals surface area contributed by atoms with Gasteiger partial charge in [-0.2, -0.15) is 4.98 Å². The van der Waals surface area contributed by atoms with Gasteiger partial charge in [-0.3, -0.25) is 10.1 Å². The fourth-order valence-corrected chi connectivity index (χ4v) is 1.83. The summed E-state index contributed by atoms with van der Waals surface area (Å²) in [6.45, 7) is 1.47. The molecule has 1 aromatic heterocycles. The molecular weight excluding hydrogens is 347 g/mol. The van der Waals surface area contributed by atoms with Gasteiger partial charge in [-0.15, -0.1) is 0 Å². The average Bonchev–Trinajstić information content (AvgIpc) is 2.41. The van der Waals surface area contributed by atoms with Crippen molar-refractivity contribution in [2.45, 2.75) is 6.92 Å². The summed E-state index contributed by atoms with van der Waals surface area (Å²) < 4.78 is 19.1. The first kappa shape index (κ1) is 15.1. The van der Waals surface area contributed by atoms with E-state index in [2.05, 4.69) is 31.2 Å². The number of rotatable bonds is 4. The number of benzene rings is 1. The number of nitrogens with zero attached hydrogens (tertiary/aromatic N) is 3. The lowest BCUT2D eigenvalue weighted by atomic mass is 10.3. The second-order valence-corrected chi connectivity index (χ2v) is 4.83. The first-order valence-corrected chi connectivity index (χ1v) is 6.55. The number of anilines is 1. The van der Waals surface area contributed by atoms with Gasteiger partial charge in [0.25, 0.3) is 0 Å². The van der Waals surface area contributed by atoms with E-state index in [4.69, 9.17) is 4.74 Å². The van der Waals surface area contributed by atoms with E-state index in [0.29, 0.717) is 0 Å². The largest absolute Gasteiger partial charge is 0.433 e. The highest BCUT2D eigenvalue weighted by Gasteiger charge is 2.24. The molecule has 0 bridgehead atoms. The molecule has 21 heavy (non-hydrogen) atoms. The third-order valence-electron chi connectivity index (χ3n) is 2.54. The molecule has 0 aliphatic rings. The van der Waals surface area contributed by atoms with Crippen LogP contribution in [-0.2, 0) is 0 Å². The summed E-state index contributed by atoms with van der Waals surface area (Å²) in [5, 5.41) is 13.8. The smallest absolute Gasteiger partial charge is 0.352 e. The third-order valence-corrected chi connectivity index (χ3v) is 3.18. The van der Waals surface area contributed by atoms with Crippen molar-refractivity contribution in [2.75, 3.05) is 12.4 Å². The van der Waals surface area contributed by atoms with E-state index in [9.17, 15) is 14.5 Å². The summed E-state index contributed by atoms with van der Waals surface area (Å²) in [6, 6.07) is 4.00. The fourth-order valence-electron chi connectivity index (χ4n) is 1.59. The molecule has 0 aliphatic heterocycles. The van der Waals surface area contributed by atoms with Gasteiger partial charge in [-0.05, 0) is 35.0 Å². The van der Waals surface area contributed by atoms with E-state index in [-0.39, 0.29) is 33.4 Å². The van der Waals surface area contributed by atoms with Gasteiger partial charge in [-0.1, -0.05) is 0 Å². The van der Waals surface area contributed by atoms with Crippen LogP contribution in [-0.4, -0.2) is 21.9 Å². The number of nitro groups is 1. The predicted molar refractivity (Wildman–Crippen MR) is 77.1 cm³/mol. The molecule has 0 amide bonds. The Labute approximate surface area is 127 Å². The number of hydrogen-bond acceptors (Lipinski definition) is 6. The van der Waals surface area contributed by atoms with Crippen molar-refractivity contribution in [3.8, 4) is 11.6 Å². The highest BCUT2D eigenvalue weighted by Crippen LogP contribution is 2.33. The number of hydrogen-bond donors (Lipinski definition) is 1. The summed E-state index contributed by atoms with van der Waals surface area (Å²) in [5.74, 6) is -0.530. The summed E-state index contributed by atoms with van der Waals surface area (Å²) in [6.07, 6.45) is 0. The molecule has 1 heterocycles. The normalized spacial score (nSPS) is 10.3. The maximum atomic E-state index is 13.5. The molecule has 0 saturated carbocycles. The van der Waals surface area contributed by atoms with Crippen LogP contribution in [0.5, 0.6) is 11.6 Å². The second-order valence-electron chi connectivity index (χ2n) is 3.97. The third kappa shape index (κ3) is 3.24. The Bertz CT molecular complexity index is 711. The van der Waals surface area contributed by atoms with Crippen LogP contribution in [0.1, 0.15) is 5.69 Å². The van der Waals surface area contributed by atoms with Gasteiger partial charge >= 0.3 is 11.6 Å². The molecule has 2 aromatic rings. The maximum absolute atomic E-state index is 13.5. The highest BCUT2D eigenvalue weighted by molar-refractivity contribution is 9.10. The number of aromatic nitrogens is 2. The Morgan fingerprint density at radius 3 is 2.71 bits per heavy atom. The van der Waals surface area contributed by atoms with Crippen LogP contribution < -0.4 is 10.1 Å². The minimum absolute atomic E-state index is 0.0963. The molecule has 110 valence electrons. The average molecular weight is 357 g/mol. The van der Waals surface area contributed by atoms with Crippen molar-refractivity contribution >= 4 is 27.6 Å². The zero-order chi connectivity index (χ0) is 15.6. The number of ether oxygens (including phenoxy) is 1. The van der Waals surface area contributed by atoms with Crippen molar-refractivity contribution in [1.82, 2.24) is 9.97 Å². The van der Waals surface area contributed by atoms with Gasteiger partial charge in [-0.25, -0.2) is 9.37 Å². The quantitative estimate of drug-likeness (QED) is 0.666. The van der Waals surface area contributed by atoms with Crippen LogP contribution in [0.15, 0.2) is 22.7 Å². The predicted octanol–water partition coefficient (Wildman–Crippen LogP) is 3.43. The van der Waals surface area contributed by atoms with E-state index in [1.807, 2.05) is 0 Å². The van der Waals surface area contributed by atoms with E-state index in [0.717, 1.165) is 6.07 Å². The molecule has 0 radical (unpaired) electrons. The molecule has 0 atom stereocenters. The van der Waals surface area contributed by atoms with Gasteiger partial charge in [0, 0.05) is 13.1 Å². The molecule has 0 spiro atoms. The zero-order valence-corrected chi connectivity index (χ0v) is 12.6. The van der Waals surface area contributed by atoms with Crippen molar-refractivity contribution in [3.63, 3.8) is 0 Å². The van der Waals surface area contributed by atoms with Crippen LogP contribution >= 0.6 is 15.9 Å². The van der Waals surface area contributed by atoms with Crippen molar-refractivity contribution in [3.05, 3.63) is 44.3 Å². The first-order chi connectivity index (χ1) is 9.92. The molecule has 0 unspecified atom stereocenters. The minimum Gasteiger partial charge on any atom is -0.433 e.